The highest BCUT2D eigenvalue weighted by Crippen LogP contribution is 2.52. The van der Waals surface area contributed by atoms with E-state index in [1.165, 1.54) is 0 Å². The Labute approximate surface area is 176 Å². The van der Waals surface area contributed by atoms with E-state index in [1.54, 1.807) is 14.2 Å². The lowest BCUT2D eigenvalue weighted by molar-refractivity contribution is -0.0785. The number of hydrogen-bond acceptors (Lipinski definition) is 7. The third kappa shape index (κ3) is 3.13. The van der Waals surface area contributed by atoms with Crippen LogP contribution in [0, 0.1) is 5.92 Å². The highest BCUT2D eigenvalue weighted by molar-refractivity contribution is 5.59. The summed E-state index contributed by atoms with van der Waals surface area (Å²) in [5.74, 6) is 3.98. The fourth-order valence-corrected chi connectivity index (χ4v) is 4.82. The molecular weight excluding hydrogens is 386 g/mol. The van der Waals surface area contributed by atoms with Gasteiger partial charge in [-0.2, -0.15) is 0 Å². The van der Waals surface area contributed by atoms with Crippen LogP contribution in [0.4, 0.5) is 0 Å². The molecule has 3 heterocycles. The Hall–Kier alpha value is -2.64. The molecule has 1 saturated heterocycles. The van der Waals surface area contributed by atoms with E-state index in [-0.39, 0.29) is 24.9 Å². The quantitative estimate of drug-likeness (QED) is 0.763. The van der Waals surface area contributed by atoms with Gasteiger partial charge in [-0.3, -0.25) is 4.90 Å². The average molecular weight is 413 g/mol. The Morgan fingerprint density at radius 3 is 2.43 bits per heavy atom. The van der Waals surface area contributed by atoms with Gasteiger partial charge in [-0.1, -0.05) is 19.1 Å². The number of fused-ring (bicyclic) bond motifs is 2. The molecule has 0 saturated carbocycles. The summed E-state index contributed by atoms with van der Waals surface area (Å²) in [7, 11) is 3.35. The van der Waals surface area contributed by atoms with E-state index in [2.05, 4.69) is 17.9 Å². The Morgan fingerprint density at radius 1 is 0.933 bits per heavy atom. The minimum absolute atomic E-state index is 0.0427. The monoisotopic (exact) mass is 413 g/mol. The third-order valence-corrected chi connectivity index (χ3v) is 6.24. The SMILES string of the molecule is COc1cccc([C@@H]2c3cc4c(cc3O[C@H](N3CCOCC3)[C@@H]2C)OCO4)c1OC. The van der Waals surface area contributed by atoms with E-state index in [4.69, 9.17) is 28.4 Å². The summed E-state index contributed by atoms with van der Waals surface area (Å²) >= 11 is 0. The number of morpholine rings is 1. The zero-order chi connectivity index (χ0) is 20.7. The summed E-state index contributed by atoms with van der Waals surface area (Å²) in [6.07, 6.45) is -0.0809. The summed E-state index contributed by atoms with van der Waals surface area (Å²) in [5, 5.41) is 0. The molecule has 2 aromatic rings. The largest absolute Gasteiger partial charge is 0.493 e. The molecule has 0 aromatic heterocycles. The zero-order valence-corrected chi connectivity index (χ0v) is 17.6. The highest BCUT2D eigenvalue weighted by atomic mass is 16.7. The molecule has 0 bridgehead atoms. The Kier molecular flexibility index (Phi) is 5.08. The van der Waals surface area contributed by atoms with Gasteiger partial charge < -0.3 is 28.4 Å². The van der Waals surface area contributed by atoms with Gasteiger partial charge in [0.25, 0.3) is 0 Å². The first-order valence-corrected chi connectivity index (χ1v) is 10.3. The average Bonchev–Trinajstić information content (AvgIpc) is 3.24. The van der Waals surface area contributed by atoms with Crippen molar-refractivity contribution in [3.05, 3.63) is 41.5 Å². The predicted octanol–water partition coefficient (Wildman–Crippen LogP) is 3.25. The molecule has 0 amide bonds. The number of methoxy groups -OCH3 is 2. The molecule has 0 radical (unpaired) electrons. The number of hydrogen-bond donors (Lipinski definition) is 0. The minimum Gasteiger partial charge on any atom is -0.493 e. The molecular formula is C23H27NO6. The van der Waals surface area contributed by atoms with E-state index in [9.17, 15) is 0 Å². The lowest BCUT2D eigenvalue weighted by atomic mass is 9.77. The topological polar surface area (TPSA) is 58.6 Å². The van der Waals surface area contributed by atoms with Crippen molar-refractivity contribution in [1.29, 1.82) is 0 Å². The van der Waals surface area contributed by atoms with E-state index in [1.807, 2.05) is 24.3 Å². The van der Waals surface area contributed by atoms with Gasteiger partial charge in [0.15, 0.2) is 29.2 Å². The Morgan fingerprint density at radius 2 is 1.70 bits per heavy atom. The first-order valence-electron chi connectivity index (χ1n) is 10.3. The van der Waals surface area contributed by atoms with Gasteiger partial charge in [-0.25, -0.2) is 0 Å². The second-order valence-electron chi connectivity index (χ2n) is 7.82. The van der Waals surface area contributed by atoms with Crippen molar-refractivity contribution in [2.24, 2.45) is 5.92 Å². The van der Waals surface area contributed by atoms with E-state index in [0.29, 0.717) is 13.2 Å². The van der Waals surface area contributed by atoms with Crippen LogP contribution in [0.3, 0.4) is 0 Å². The van der Waals surface area contributed by atoms with Crippen LogP contribution in [-0.4, -0.2) is 58.4 Å². The fourth-order valence-electron chi connectivity index (χ4n) is 4.82. The van der Waals surface area contributed by atoms with Crippen molar-refractivity contribution in [1.82, 2.24) is 4.90 Å². The number of para-hydroxylation sites is 1. The van der Waals surface area contributed by atoms with Crippen LogP contribution in [0.2, 0.25) is 0 Å². The van der Waals surface area contributed by atoms with Crippen LogP contribution in [0.1, 0.15) is 24.0 Å². The summed E-state index contributed by atoms with van der Waals surface area (Å²) in [6.45, 7) is 5.58. The number of ether oxygens (including phenoxy) is 6. The van der Waals surface area contributed by atoms with Crippen molar-refractivity contribution < 1.29 is 28.4 Å². The van der Waals surface area contributed by atoms with Gasteiger partial charge in [0.2, 0.25) is 6.79 Å². The van der Waals surface area contributed by atoms with Gasteiger partial charge in [-0.05, 0) is 12.1 Å². The maximum absolute atomic E-state index is 6.55. The maximum atomic E-state index is 6.55. The molecule has 160 valence electrons. The molecule has 0 N–H and O–H groups in total. The van der Waals surface area contributed by atoms with Crippen LogP contribution >= 0.6 is 0 Å². The summed E-state index contributed by atoms with van der Waals surface area (Å²) < 4.78 is 34.8. The van der Waals surface area contributed by atoms with Crippen LogP contribution < -0.4 is 23.7 Å². The van der Waals surface area contributed by atoms with E-state index < -0.39 is 0 Å². The zero-order valence-electron chi connectivity index (χ0n) is 17.6. The highest BCUT2D eigenvalue weighted by Gasteiger charge is 2.42. The van der Waals surface area contributed by atoms with Gasteiger partial charge in [-0.15, -0.1) is 0 Å². The molecule has 0 spiro atoms. The van der Waals surface area contributed by atoms with Crippen molar-refractivity contribution in [3.8, 4) is 28.7 Å². The molecule has 1 fully saturated rings. The number of benzene rings is 2. The van der Waals surface area contributed by atoms with Gasteiger partial charge in [0.05, 0.1) is 27.4 Å². The smallest absolute Gasteiger partial charge is 0.231 e. The van der Waals surface area contributed by atoms with Crippen LogP contribution in [0.25, 0.3) is 0 Å². The van der Waals surface area contributed by atoms with Crippen molar-refractivity contribution in [2.75, 3.05) is 47.3 Å². The molecule has 0 unspecified atom stereocenters. The lowest BCUT2D eigenvalue weighted by Gasteiger charge is -2.44. The second-order valence-corrected chi connectivity index (χ2v) is 7.82. The molecule has 3 aliphatic rings. The first-order chi connectivity index (χ1) is 14.7. The van der Waals surface area contributed by atoms with Crippen molar-refractivity contribution in [2.45, 2.75) is 19.1 Å². The van der Waals surface area contributed by atoms with Gasteiger partial charge >= 0.3 is 0 Å². The number of nitrogens with zero attached hydrogens (tertiary/aromatic N) is 1. The van der Waals surface area contributed by atoms with Crippen LogP contribution in [0.5, 0.6) is 28.7 Å². The summed E-state index contributed by atoms with van der Waals surface area (Å²) in [4.78, 5) is 2.36. The summed E-state index contributed by atoms with van der Waals surface area (Å²) in [6, 6.07) is 10.0. The van der Waals surface area contributed by atoms with Crippen molar-refractivity contribution in [3.63, 3.8) is 0 Å². The van der Waals surface area contributed by atoms with Crippen molar-refractivity contribution >= 4 is 0 Å². The van der Waals surface area contributed by atoms with Gasteiger partial charge in [0.1, 0.15) is 5.75 Å². The normalized spacial score (nSPS) is 25.4. The third-order valence-electron chi connectivity index (χ3n) is 6.24. The molecule has 30 heavy (non-hydrogen) atoms. The van der Waals surface area contributed by atoms with E-state index >= 15 is 0 Å². The molecule has 3 aliphatic heterocycles. The number of rotatable bonds is 4. The predicted molar refractivity (Wildman–Crippen MR) is 110 cm³/mol. The molecule has 7 heteroatoms. The second kappa shape index (κ2) is 7.89. The standard InChI is InChI=1S/C23H27NO6/c1-14-21(15-5-4-6-17(25-2)22(15)26-3)16-11-19-20(29-13-28-19)12-18(16)30-23(14)24-7-9-27-10-8-24/h4-6,11-12,14,21,23H,7-10,13H2,1-3H3/t14-,21-,23+/m1/s1. The molecule has 7 nitrogen and oxygen atoms in total. The van der Waals surface area contributed by atoms with Crippen LogP contribution in [-0.2, 0) is 4.74 Å². The van der Waals surface area contributed by atoms with E-state index in [0.717, 1.165) is 53.0 Å². The molecule has 2 aromatic carbocycles. The minimum atomic E-state index is -0.0809. The fraction of sp³-hybridized carbons (Fsp3) is 0.478. The molecule has 0 aliphatic carbocycles. The summed E-state index contributed by atoms with van der Waals surface area (Å²) in [5.41, 5.74) is 2.15. The van der Waals surface area contributed by atoms with Crippen LogP contribution in [0.15, 0.2) is 30.3 Å². The Balaban J connectivity index is 1.65. The first kappa shape index (κ1) is 19.3. The Bertz CT molecular complexity index is 926. The molecule has 5 rings (SSSR count). The van der Waals surface area contributed by atoms with Gasteiger partial charge in [0, 0.05) is 42.1 Å². The molecule has 3 atom stereocenters. The lowest BCUT2D eigenvalue weighted by Crippen LogP contribution is -2.52. The maximum Gasteiger partial charge on any atom is 0.231 e.